The summed E-state index contributed by atoms with van der Waals surface area (Å²) < 4.78 is 0. The summed E-state index contributed by atoms with van der Waals surface area (Å²) in [6, 6.07) is 0.838. The van der Waals surface area contributed by atoms with E-state index >= 15 is 0 Å². The van der Waals surface area contributed by atoms with E-state index in [1.165, 1.54) is 32.2 Å². The molecule has 1 heterocycles. The Morgan fingerprint density at radius 3 is 3.30 bits per heavy atom. The maximum absolute atomic E-state index is 3.52. The zero-order chi connectivity index (χ0) is 6.97. The Kier molecular flexibility index (Phi) is 1.53. The van der Waals surface area contributed by atoms with Crippen molar-refractivity contribution >= 4 is 0 Å². The monoisotopic (exact) mass is 137 g/mol. The van der Waals surface area contributed by atoms with Crippen LogP contribution < -0.4 is 5.32 Å². The summed E-state index contributed by atoms with van der Waals surface area (Å²) in [6.45, 7) is 3.47. The topological polar surface area (TPSA) is 12.0 Å². The van der Waals surface area contributed by atoms with Crippen molar-refractivity contribution in [3.63, 3.8) is 0 Å². The Morgan fingerprint density at radius 1 is 1.60 bits per heavy atom. The third-order valence-corrected chi connectivity index (χ3v) is 2.82. The van der Waals surface area contributed by atoms with Crippen LogP contribution in [-0.2, 0) is 0 Å². The number of allylic oxidation sites excluding steroid dienone is 1. The van der Waals surface area contributed by atoms with E-state index in [1.54, 1.807) is 11.1 Å². The third-order valence-electron chi connectivity index (χ3n) is 2.82. The second-order valence-corrected chi connectivity index (χ2v) is 3.38. The Labute approximate surface area is 62.5 Å². The van der Waals surface area contributed by atoms with Gasteiger partial charge in [0, 0.05) is 12.6 Å². The van der Waals surface area contributed by atoms with Crippen LogP contribution in [0.25, 0.3) is 0 Å². The van der Waals surface area contributed by atoms with Gasteiger partial charge < -0.3 is 5.32 Å². The van der Waals surface area contributed by atoms with Crippen molar-refractivity contribution in [2.24, 2.45) is 0 Å². The van der Waals surface area contributed by atoms with Crippen molar-refractivity contribution in [3.8, 4) is 0 Å². The van der Waals surface area contributed by atoms with Crippen molar-refractivity contribution in [1.29, 1.82) is 0 Å². The van der Waals surface area contributed by atoms with Gasteiger partial charge in [-0.25, -0.2) is 0 Å². The molecule has 1 N–H and O–H groups in total. The zero-order valence-electron chi connectivity index (χ0n) is 6.61. The van der Waals surface area contributed by atoms with Gasteiger partial charge in [-0.05, 0) is 25.7 Å². The molecule has 2 bridgehead atoms. The second kappa shape index (κ2) is 2.39. The quantitative estimate of drug-likeness (QED) is 0.544. The molecule has 0 spiro atoms. The first kappa shape index (κ1) is 6.41. The molecule has 1 unspecified atom stereocenters. The molecule has 0 aromatic heterocycles. The molecule has 1 saturated heterocycles. The molecule has 1 heteroatoms. The molecule has 1 aliphatic heterocycles. The normalized spacial score (nSPS) is 31.5. The molecule has 1 aliphatic carbocycles. The first-order valence-corrected chi connectivity index (χ1v) is 4.33. The van der Waals surface area contributed by atoms with Crippen molar-refractivity contribution in [2.45, 2.75) is 38.6 Å². The lowest BCUT2D eigenvalue weighted by atomic mass is 9.91. The van der Waals surface area contributed by atoms with E-state index in [0.717, 1.165) is 6.04 Å². The van der Waals surface area contributed by atoms with Crippen LogP contribution in [0.15, 0.2) is 11.1 Å². The molecule has 1 nitrogen and oxygen atoms in total. The molecule has 0 aromatic rings. The fraction of sp³-hybridized carbons (Fsp3) is 0.778. The summed E-state index contributed by atoms with van der Waals surface area (Å²) in [6.07, 6.45) is 5.38. The van der Waals surface area contributed by atoms with E-state index in [4.69, 9.17) is 0 Å². The third kappa shape index (κ3) is 0.891. The molecule has 0 radical (unpaired) electrons. The smallest absolute Gasteiger partial charge is 0.0170 e. The average molecular weight is 137 g/mol. The summed E-state index contributed by atoms with van der Waals surface area (Å²) in [5.74, 6) is 0. The van der Waals surface area contributed by atoms with E-state index in [0.29, 0.717) is 0 Å². The van der Waals surface area contributed by atoms with Gasteiger partial charge in [-0.15, -0.1) is 0 Å². The molecule has 0 saturated carbocycles. The van der Waals surface area contributed by atoms with Gasteiger partial charge in [0.05, 0.1) is 0 Å². The summed E-state index contributed by atoms with van der Waals surface area (Å²) in [5, 5.41) is 3.52. The average Bonchev–Trinajstić information content (AvgIpc) is 2.34. The fourth-order valence-corrected chi connectivity index (χ4v) is 2.13. The lowest BCUT2D eigenvalue weighted by Gasteiger charge is -2.16. The van der Waals surface area contributed by atoms with Gasteiger partial charge >= 0.3 is 0 Å². The van der Waals surface area contributed by atoms with Crippen LogP contribution in [0.2, 0.25) is 0 Å². The van der Waals surface area contributed by atoms with E-state index in [-0.39, 0.29) is 0 Å². The minimum atomic E-state index is 0.838. The Balaban J connectivity index is 2.22. The first-order valence-electron chi connectivity index (χ1n) is 4.33. The van der Waals surface area contributed by atoms with Crippen molar-refractivity contribution in [3.05, 3.63) is 11.1 Å². The van der Waals surface area contributed by atoms with Crippen LogP contribution in [0.4, 0.5) is 0 Å². The number of fused-ring (bicyclic) bond motifs is 2. The maximum Gasteiger partial charge on any atom is 0.0170 e. The van der Waals surface area contributed by atoms with E-state index in [1.807, 2.05) is 0 Å². The molecule has 2 aliphatic rings. The van der Waals surface area contributed by atoms with Gasteiger partial charge in [0.2, 0.25) is 0 Å². The summed E-state index contributed by atoms with van der Waals surface area (Å²) >= 11 is 0. The van der Waals surface area contributed by atoms with Crippen LogP contribution >= 0.6 is 0 Å². The maximum atomic E-state index is 3.52. The molecular weight excluding hydrogens is 122 g/mol. The summed E-state index contributed by atoms with van der Waals surface area (Å²) in [7, 11) is 0. The predicted octanol–water partition coefficient (Wildman–Crippen LogP) is 1.85. The Bertz CT molecular complexity index is 170. The first-order chi connectivity index (χ1) is 4.90. The minimum absolute atomic E-state index is 0.838. The molecule has 0 amide bonds. The largest absolute Gasteiger partial charge is 0.310 e. The van der Waals surface area contributed by atoms with E-state index in [2.05, 4.69) is 12.2 Å². The molecule has 1 fully saturated rings. The highest BCUT2D eigenvalue weighted by molar-refractivity contribution is 5.24. The molecule has 10 heavy (non-hydrogen) atoms. The van der Waals surface area contributed by atoms with Crippen LogP contribution in [0, 0.1) is 0 Å². The lowest BCUT2D eigenvalue weighted by Crippen LogP contribution is -2.20. The Hall–Kier alpha value is -0.300. The summed E-state index contributed by atoms with van der Waals surface area (Å²) in [5.41, 5.74) is 3.46. The SMILES string of the molecule is CCC1=C2CNC(CC1)C2. The standard InChI is InChI=1S/C9H15N/c1-2-7-3-4-9-5-8(7)6-10-9/h9-10H,2-6H2,1H3. The van der Waals surface area contributed by atoms with Crippen LogP contribution in [0.1, 0.15) is 32.6 Å². The summed E-state index contributed by atoms with van der Waals surface area (Å²) in [4.78, 5) is 0. The van der Waals surface area contributed by atoms with Crippen LogP contribution in [0.5, 0.6) is 0 Å². The minimum Gasteiger partial charge on any atom is -0.310 e. The molecule has 1 atom stereocenters. The van der Waals surface area contributed by atoms with Gasteiger partial charge in [-0.2, -0.15) is 0 Å². The van der Waals surface area contributed by atoms with Crippen LogP contribution in [-0.4, -0.2) is 12.6 Å². The lowest BCUT2D eigenvalue weighted by molar-refractivity contribution is 0.547. The van der Waals surface area contributed by atoms with Crippen molar-refractivity contribution in [2.75, 3.05) is 6.54 Å². The number of nitrogens with one attached hydrogen (secondary N) is 1. The van der Waals surface area contributed by atoms with Crippen molar-refractivity contribution < 1.29 is 0 Å². The van der Waals surface area contributed by atoms with Crippen LogP contribution in [0.3, 0.4) is 0 Å². The highest BCUT2D eigenvalue weighted by Crippen LogP contribution is 2.30. The highest BCUT2D eigenvalue weighted by Gasteiger charge is 2.24. The zero-order valence-corrected chi connectivity index (χ0v) is 6.61. The van der Waals surface area contributed by atoms with Crippen molar-refractivity contribution in [1.82, 2.24) is 5.32 Å². The predicted molar refractivity (Wildman–Crippen MR) is 43.0 cm³/mol. The number of hydrogen-bond acceptors (Lipinski definition) is 1. The molecule has 2 rings (SSSR count). The number of hydrogen-bond donors (Lipinski definition) is 1. The fourth-order valence-electron chi connectivity index (χ4n) is 2.13. The van der Waals surface area contributed by atoms with Gasteiger partial charge in [0.25, 0.3) is 0 Å². The van der Waals surface area contributed by atoms with Gasteiger partial charge in [0.1, 0.15) is 0 Å². The highest BCUT2D eigenvalue weighted by atomic mass is 14.9. The molecular formula is C9H15N. The number of rotatable bonds is 1. The van der Waals surface area contributed by atoms with Gasteiger partial charge in [-0.3, -0.25) is 0 Å². The van der Waals surface area contributed by atoms with Gasteiger partial charge in [0.15, 0.2) is 0 Å². The molecule has 56 valence electrons. The molecule has 0 aromatic carbocycles. The van der Waals surface area contributed by atoms with E-state index in [9.17, 15) is 0 Å². The second-order valence-electron chi connectivity index (χ2n) is 3.38. The van der Waals surface area contributed by atoms with Gasteiger partial charge in [-0.1, -0.05) is 18.1 Å². The Morgan fingerprint density at radius 2 is 2.50 bits per heavy atom. The van der Waals surface area contributed by atoms with E-state index < -0.39 is 0 Å².